The first-order valence-corrected chi connectivity index (χ1v) is 6.99. The number of carbonyl (C=O) groups excluding carboxylic acids is 1. The third-order valence-electron chi connectivity index (χ3n) is 2.88. The third-order valence-corrected chi connectivity index (χ3v) is 3.60. The molecule has 1 aliphatic rings. The molecule has 5 heteroatoms. The summed E-state index contributed by atoms with van der Waals surface area (Å²) in [5.41, 5.74) is 1.75. The number of hydrogen-bond acceptors (Lipinski definition) is 3. The van der Waals surface area contributed by atoms with E-state index in [1.165, 1.54) is 0 Å². The number of ether oxygens (including phenoxy) is 1. The molecule has 1 heterocycles. The topological polar surface area (TPSA) is 38.3 Å². The van der Waals surface area contributed by atoms with Crippen molar-refractivity contribution in [2.45, 2.75) is 39.3 Å². The summed E-state index contributed by atoms with van der Waals surface area (Å²) in [6.45, 7) is 7.02. The number of rotatable bonds is 1. The summed E-state index contributed by atoms with van der Waals surface area (Å²) in [6, 6.07) is 1.80. The van der Waals surface area contributed by atoms with E-state index < -0.39 is 11.6 Å². The highest BCUT2D eigenvalue weighted by Crippen LogP contribution is 2.34. The lowest BCUT2D eigenvalue weighted by molar-refractivity contribution is 0.00698. The van der Waals surface area contributed by atoms with Gasteiger partial charge < -0.3 is 10.1 Å². The largest absolute Gasteiger partial charge is 0.456 e. The van der Waals surface area contributed by atoms with Gasteiger partial charge in [-0.25, -0.2) is 4.79 Å². The van der Waals surface area contributed by atoms with E-state index in [2.05, 4.69) is 5.32 Å². The standard InChI is InChI=1S/C14H17Cl2NO2/c1-14(2,3)19-13(18)11-10(15)6-8-7-17-5-4-9(8)12(11)16/h6,17H,4-5,7H2,1-3H3. The fourth-order valence-corrected chi connectivity index (χ4v) is 2.84. The van der Waals surface area contributed by atoms with Crippen molar-refractivity contribution >= 4 is 29.2 Å². The van der Waals surface area contributed by atoms with Gasteiger partial charge in [-0.15, -0.1) is 0 Å². The van der Waals surface area contributed by atoms with Crippen molar-refractivity contribution in [3.63, 3.8) is 0 Å². The van der Waals surface area contributed by atoms with Gasteiger partial charge in [-0.05, 0) is 50.9 Å². The van der Waals surface area contributed by atoms with E-state index >= 15 is 0 Å². The molecule has 3 nitrogen and oxygen atoms in total. The van der Waals surface area contributed by atoms with Crippen LogP contribution in [0, 0.1) is 0 Å². The number of nitrogens with one attached hydrogen (secondary N) is 1. The Morgan fingerprint density at radius 3 is 2.68 bits per heavy atom. The van der Waals surface area contributed by atoms with Crippen LogP contribution in [-0.4, -0.2) is 18.1 Å². The second kappa shape index (κ2) is 5.31. The zero-order valence-electron chi connectivity index (χ0n) is 11.3. The maximum absolute atomic E-state index is 12.2. The molecule has 0 saturated carbocycles. The van der Waals surface area contributed by atoms with Gasteiger partial charge in [-0.2, -0.15) is 0 Å². The summed E-state index contributed by atoms with van der Waals surface area (Å²) < 4.78 is 5.35. The number of fused-ring (bicyclic) bond motifs is 1. The van der Waals surface area contributed by atoms with Crippen LogP contribution in [-0.2, 0) is 17.7 Å². The molecule has 1 aromatic carbocycles. The maximum Gasteiger partial charge on any atom is 0.341 e. The molecular formula is C14H17Cl2NO2. The molecule has 0 unspecified atom stereocenters. The number of esters is 1. The second-order valence-electron chi connectivity index (χ2n) is 5.61. The predicted molar refractivity (Wildman–Crippen MR) is 77.0 cm³/mol. The Kier molecular flexibility index (Phi) is 4.09. The zero-order valence-corrected chi connectivity index (χ0v) is 12.8. The van der Waals surface area contributed by atoms with E-state index in [4.69, 9.17) is 27.9 Å². The first kappa shape index (κ1) is 14.6. The van der Waals surface area contributed by atoms with E-state index in [-0.39, 0.29) is 5.56 Å². The van der Waals surface area contributed by atoms with E-state index in [1.54, 1.807) is 6.07 Å². The molecular weight excluding hydrogens is 285 g/mol. The molecule has 0 fully saturated rings. The van der Waals surface area contributed by atoms with Crippen LogP contribution in [0.4, 0.5) is 0 Å². The minimum absolute atomic E-state index is 0.277. The molecule has 0 amide bonds. The lowest BCUT2D eigenvalue weighted by Gasteiger charge is -2.23. The van der Waals surface area contributed by atoms with Gasteiger partial charge in [0.25, 0.3) is 0 Å². The molecule has 0 aromatic heterocycles. The fraction of sp³-hybridized carbons (Fsp3) is 0.500. The van der Waals surface area contributed by atoms with Gasteiger partial charge in [0, 0.05) is 6.54 Å². The molecule has 1 N–H and O–H groups in total. The Morgan fingerprint density at radius 2 is 2.05 bits per heavy atom. The fourth-order valence-electron chi connectivity index (χ4n) is 2.09. The Hall–Kier alpha value is -0.770. The van der Waals surface area contributed by atoms with Crippen LogP contribution in [0.3, 0.4) is 0 Å². The Labute approximate surface area is 123 Å². The summed E-state index contributed by atoms with van der Waals surface area (Å²) in [7, 11) is 0. The van der Waals surface area contributed by atoms with Gasteiger partial charge in [0.15, 0.2) is 0 Å². The molecule has 0 spiro atoms. The summed E-state index contributed by atoms with van der Waals surface area (Å²) in [4.78, 5) is 12.2. The predicted octanol–water partition coefficient (Wildman–Crippen LogP) is 3.59. The molecule has 104 valence electrons. The molecule has 0 bridgehead atoms. The molecule has 19 heavy (non-hydrogen) atoms. The van der Waals surface area contributed by atoms with Gasteiger partial charge >= 0.3 is 5.97 Å². The molecule has 0 atom stereocenters. The minimum atomic E-state index is -0.568. The highest BCUT2D eigenvalue weighted by Gasteiger charge is 2.26. The molecule has 2 rings (SSSR count). The molecule has 0 aliphatic carbocycles. The SMILES string of the molecule is CC(C)(C)OC(=O)c1c(Cl)cc2c(c1Cl)CCNC2. The van der Waals surface area contributed by atoms with Crippen molar-refractivity contribution in [3.05, 3.63) is 32.8 Å². The Balaban J connectivity index is 2.43. The zero-order chi connectivity index (χ0) is 14.2. The number of hydrogen-bond donors (Lipinski definition) is 1. The molecule has 0 radical (unpaired) electrons. The summed E-state index contributed by atoms with van der Waals surface area (Å²) >= 11 is 12.5. The van der Waals surface area contributed by atoms with Crippen molar-refractivity contribution in [1.29, 1.82) is 0 Å². The van der Waals surface area contributed by atoms with Crippen LogP contribution >= 0.6 is 23.2 Å². The van der Waals surface area contributed by atoms with E-state index in [0.29, 0.717) is 10.0 Å². The summed E-state index contributed by atoms with van der Waals surface area (Å²) in [5.74, 6) is -0.469. The lowest BCUT2D eigenvalue weighted by Crippen LogP contribution is -2.27. The summed E-state index contributed by atoms with van der Waals surface area (Å²) in [6.07, 6.45) is 0.793. The van der Waals surface area contributed by atoms with Gasteiger partial charge in [-0.3, -0.25) is 0 Å². The molecule has 1 aliphatic heterocycles. The van der Waals surface area contributed by atoms with Gasteiger partial charge in [0.2, 0.25) is 0 Å². The van der Waals surface area contributed by atoms with E-state index in [1.807, 2.05) is 20.8 Å². The second-order valence-corrected chi connectivity index (χ2v) is 6.40. The van der Waals surface area contributed by atoms with E-state index in [9.17, 15) is 4.79 Å². The lowest BCUT2D eigenvalue weighted by atomic mass is 9.98. The van der Waals surface area contributed by atoms with E-state index in [0.717, 1.165) is 30.6 Å². The first-order chi connectivity index (χ1) is 8.79. The van der Waals surface area contributed by atoms with Crippen LogP contribution in [0.25, 0.3) is 0 Å². The highest BCUT2D eigenvalue weighted by molar-refractivity contribution is 6.40. The van der Waals surface area contributed by atoms with Gasteiger partial charge in [0.1, 0.15) is 5.60 Å². The smallest absolute Gasteiger partial charge is 0.341 e. The normalized spacial score (nSPS) is 15.0. The molecule has 1 aromatic rings. The van der Waals surface area contributed by atoms with Crippen LogP contribution in [0.2, 0.25) is 10.0 Å². The van der Waals surface area contributed by atoms with Crippen molar-refractivity contribution < 1.29 is 9.53 Å². The molecule has 0 saturated heterocycles. The van der Waals surface area contributed by atoms with Crippen molar-refractivity contribution in [2.75, 3.05) is 6.54 Å². The average Bonchev–Trinajstić information content (AvgIpc) is 2.26. The van der Waals surface area contributed by atoms with Crippen LogP contribution < -0.4 is 5.32 Å². The quantitative estimate of drug-likeness (QED) is 0.806. The van der Waals surface area contributed by atoms with Crippen LogP contribution in [0.1, 0.15) is 42.3 Å². The summed E-state index contributed by atoms with van der Waals surface area (Å²) in [5, 5.41) is 4.03. The first-order valence-electron chi connectivity index (χ1n) is 6.23. The monoisotopic (exact) mass is 301 g/mol. The van der Waals surface area contributed by atoms with Gasteiger partial charge in [-0.1, -0.05) is 23.2 Å². The van der Waals surface area contributed by atoms with Crippen LogP contribution in [0.5, 0.6) is 0 Å². The van der Waals surface area contributed by atoms with Crippen LogP contribution in [0.15, 0.2) is 6.07 Å². The highest BCUT2D eigenvalue weighted by atomic mass is 35.5. The number of carbonyl (C=O) groups is 1. The maximum atomic E-state index is 12.2. The van der Waals surface area contributed by atoms with Crippen molar-refractivity contribution in [3.8, 4) is 0 Å². The van der Waals surface area contributed by atoms with Crippen molar-refractivity contribution in [2.24, 2.45) is 0 Å². The number of benzene rings is 1. The average molecular weight is 302 g/mol. The van der Waals surface area contributed by atoms with Crippen molar-refractivity contribution in [1.82, 2.24) is 5.32 Å². The Bertz CT molecular complexity index is 521. The Morgan fingerprint density at radius 1 is 1.37 bits per heavy atom. The number of halogens is 2. The minimum Gasteiger partial charge on any atom is -0.456 e. The van der Waals surface area contributed by atoms with Gasteiger partial charge in [0.05, 0.1) is 15.6 Å². The third kappa shape index (κ3) is 3.22.